The fourth-order valence-corrected chi connectivity index (χ4v) is 6.24. The van der Waals surface area contributed by atoms with E-state index in [1.807, 2.05) is 74.5 Å². The van der Waals surface area contributed by atoms with Crippen LogP contribution in [0, 0.1) is 13.8 Å². The van der Waals surface area contributed by atoms with Crippen molar-refractivity contribution in [1.29, 1.82) is 0 Å². The Balaban J connectivity index is 1.27. The van der Waals surface area contributed by atoms with Crippen molar-refractivity contribution in [2.45, 2.75) is 103 Å². The summed E-state index contributed by atoms with van der Waals surface area (Å²) in [7, 11) is 0. The summed E-state index contributed by atoms with van der Waals surface area (Å²) in [5, 5.41) is 13.5. The molecule has 0 aromatic heterocycles. The van der Waals surface area contributed by atoms with Crippen LogP contribution in [0.5, 0.6) is 0 Å². The van der Waals surface area contributed by atoms with Gasteiger partial charge in [-0.15, -0.1) is 0 Å². The highest BCUT2D eigenvalue weighted by atomic mass is 16.2. The molecule has 0 heterocycles. The van der Waals surface area contributed by atoms with Crippen LogP contribution in [0.1, 0.15) is 109 Å². The quantitative estimate of drug-likeness (QED) is 0.206. The highest BCUT2D eigenvalue weighted by molar-refractivity contribution is 6.01. The molecule has 222 valence electrons. The average Bonchev–Trinajstić information content (AvgIpc) is 3.39. The van der Waals surface area contributed by atoms with Crippen molar-refractivity contribution in [3.05, 3.63) is 82.9 Å². The minimum Gasteiger partial charge on any atom is -0.355 e. The van der Waals surface area contributed by atoms with Gasteiger partial charge in [-0.2, -0.15) is 0 Å². The number of aryl methyl sites for hydroxylation is 2. The molecule has 2 aliphatic carbocycles. The van der Waals surface area contributed by atoms with Crippen molar-refractivity contribution >= 4 is 34.6 Å². The zero-order chi connectivity index (χ0) is 29.3. The highest BCUT2D eigenvalue weighted by Gasteiger charge is 2.20. The van der Waals surface area contributed by atoms with Gasteiger partial charge in [-0.05, 0) is 99.2 Å². The molecule has 0 bridgehead atoms. The third kappa shape index (κ3) is 8.15. The van der Waals surface area contributed by atoms with Crippen molar-refractivity contribution in [2.24, 2.45) is 0 Å². The minimum absolute atomic E-state index is 0.0169. The molecule has 2 aliphatic rings. The average molecular weight is 567 g/mol. The van der Waals surface area contributed by atoms with Gasteiger partial charge in [0.1, 0.15) is 0 Å². The molecule has 0 radical (unpaired) electrons. The van der Waals surface area contributed by atoms with E-state index in [2.05, 4.69) is 21.3 Å². The number of carbonyl (C=O) groups excluding carboxylic acids is 2. The topological polar surface area (TPSA) is 82.3 Å². The van der Waals surface area contributed by atoms with Crippen LogP contribution in [-0.2, 0) is 0 Å². The zero-order valence-electron chi connectivity index (χ0n) is 25.2. The molecular weight excluding hydrogens is 520 g/mol. The number of carbonyl (C=O) groups is 2. The van der Waals surface area contributed by atoms with E-state index in [9.17, 15) is 9.59 Å². The Bertz CT molecular complexity index is 1250. The summed E-state index contributed by atoms with van der Waals surface area (Å²) in [5.41, 5.74) is 6.91. The molecule has 6 heteroatoms. The SMILES string of the molecule is Cc1ccc(C(=O)NC2CCCCCC2)c(Nc2ccc(Nc3cc(C)ccc3C(=O)NC3CCCCCC3)cc2)c1. The molecule has 3 aromatic carbocycles. The lowest BCUT2D eigenvalue weighted by Crippen LogP contribution is -2.34. The molecule has 42 heavy (non-hydrogen) atoms. The molecule has 2 saturated carbocycles. The summed E-state index contributed by atoms with van der Waals surface area (Å²) in [6.45, 7) is 4.08. The first-order valence-corrected chi connectivity index (χ1v) is 15.9. The maximum absolute atomic E-state index is 13.3. The highest BCUT2D eigenvalue weighted by Crippen LogP contribution is 2.28. The number of anilines is 4. The molecule has 3 aromatic rings. The Morgan fingerprint density at radius 3 is 1.24 bits per heavy atom. The molecule has 5 rings (SSSR count). The number of rotatable bonds is 8. The number of amides is 2. The van der Waals surface area contributed by atoms with Crippen LogP contribution in [0.4, 0.5) is 22.7 Å². The summed E-state index contributed by atoms with van der Waals surface area (Å²) >= 11 is 0. The standard InChI is InChI=1S/C36H46N4O2/c1-25-15-21-31(35(41)39-27-11-7-3-4-8-12-27)33(23-25)37-29-17-19-30(20-18-29)38-34-24-26(2)16-22-32(34)36(42)40-28-13-9-5-6-10-14-28/h15-24,27-28,37-38H,3-14H2,1-2H3,(H,39,41)(H,40,42). The molecule has 2 amide bonds. The Morgan fingerprint density at radius 2 is 0.881 bits per heavy atom. The second-order valence-electron chi connectivity index (χ2n) is 12.2. The lowest BCUT2D eigenvalue weighted by Gasteiger charge is -2.19. The van der Waals surface area contributed by atoms with Crippen molar-refractivity contribution < 1.29 is 9.59 Å². The molecule has 0 unspecified atom stereocenters. The fraction of sp³-hybridized carbons (Fsp3) is 0.444. The van der Waals surface area contributed by atoms with E-state index >= 15 is 0 Å². The van der Waals surface area contributed by atoms with E-state index in [1.54, 1.807) is 0 Å². The van der Waals surface area contributed by atoms with Crippen LogP contribution in [-0.4, -0.2) is 23.9 Å². The first-order valence-electron chi connectivity index (χ1n) is 15.9. The molecule has 0 aliphatic heterocycles. The molecule has 6 nitrogen and oxygen atoms in total. The first-order chi connectivity index (χ1) is 20.4. The Labute approximate surface area is 251 Å². The molecular formula is C36H46N4O2. The monoisotopic (exact) mass is 566 g/mol. The third-order valence-electron chi connectivity index (χ3n) is 8.66. The van der Waals surface area contributed by atoms with E-state index in [0.717, 1.165) is 59.6 Å². The number of nitrogens with one attached hydrogen (secondary N) is 4. The number of hydrogen-bond donors (Lipinski definition) is 4. The normalized spacial score (nSPS) is 16.6. The van der Waals surface area contributed by atoms with Gasteiger partial charge in [0.15, 0.2) is 0 Å². The molecule has 2 fully saturated rings. The van der Waals surface area contributed by atoms with Gasteiger partial charge < -0.3 is 21.3 Å². The van der Waals surface area contributed by atoms with E-state index in [4.69, 9.17) is 0 Å². The molecule has 0 saturated heterocycles. The van der Waals surface area contributed by atoms with E-state index < -0.39 is 0 Å². The Morgan fingerprint density at radius 1 is 0.524 bits per heavy atom. The van der Waals surface area contributed by atoms with Gasteiger partial charge in [-0.3, -0.25) is 9.59 Å². The van der Waals surface area contributed by atoms with E-state index in [1.165, 1.54) is 51.4 Å². The third-order valence-corrected chi connectivity index (χ3v) is 8.66. The Kier molecular flexibility index (Phi) is 10.2. The Hall–Kier alpha value is -3.80. The minimum atomic E-state index is -0.0169. The summed E-state index contributed by atoms with van der Waals surface area (Å²) in [6, 6.07) is 20.4. The number of hydrogen-bond acceptors (Lipinski definition) is 4. The summed E-state index contributed by atoms with van der Waals surface area (Å²) in [6.07, 6.45) is 14.0. The van der Waals surface area contributed by atoms with Crippen LogP contribution in [0.15, 0.2) is 60.7 Å². The van der Waals surface area contributed by atoms with Crippen molar-refractivity contribution in [1.82, 2.24) is 10.6 Å². The second kappa shape index (κ2) is 14.4. The lowest BCUT2D eigenvalue weighted by atomic mass is 10.1. The van der Waals surface area contributed by atoms with E-state index in [0.29, 0.717) is 11.1 Å². The van der Waals surface area contributed by atoms with Gasteiger partial charge in [-0.1, -0.05) is 63.5 Å². The van der Waals surface area contributed by atoms with Gasteiger partial charge in [-0.25, -0.2) is 0 Å². The van der Waals surface area contributed by atoms with Gasteiger partial charge >= 0.3 is 0 Å². The molecule has 0 atom stereocenters. The summed E-state index contributed by atoms with van der Waals surface area (Å²) in [4.78, 5) is 26.5. The molecule has 4 N–H and O–H groups in total. The van der Waals surface area contributed by atoms with Gasteiger partial charge in [0.2, 0.25) is 0 Å². The van der Waals surface area contributed by atoms with Crippen LogP contribution < -0.4 is 21.3 Å². The van der Waals surface area contributed by atoms with Gasteiger partial charge in [0.05, 0.1) is 22.5 Å². The fourth-order valence-electron chi connectivity index (χ4n) is 6.24. The van der Waals surface area contributed by atoms with Crippen LogP contribution in [0.2, 0.25) is 0 Å². The smallest absolute Gasteiger partial charge is 0.253 e. The van der Waals surface area contributed by atoms with Crippen molar-refractivity contribution in [3.63, 3.8) is 0 Å². The summed E-state index contributed by atoms with van der Waals surface area (Å²) in [5.74, 6) is -0.0337. The van der Waals surface area contributed by atoms with E-state index in [-0.39, 0.29) is 23.9 Å². The van der Waals surface area contributed by atoms with Gasteiger partial charge in [0.25, 0.3) is 11.8 Å². The van der Waals surface area contributed by atoms with Gasteiger partial charge in [0, 0.05) is 23.5 Å². The summed E-state index contributed by atoms with van der Waals surface area (Å²) < 4.78 is 0. The second-order valence-corrected chi connectivity index (χ2v) is 12.2. The number of benzene rings is 3. The largest absolute Gasteiger partial charge is 0.355 e. The van der Waals surface area contributed by atoms with Crippen LogP contribution >= 0.6 is 0 Å². The maximum Gasteiger partial charge on any atom is 0.253 e. The van der Waals surface area contributed by atoms with Crippen molar-refractivity contribution in [3.8, 4) is 0 Å². The predicted octanol–water partition coefficient (Wildman–Crippen LogP) is 8.70. The lowest BCUT2D eigenvalue weighted by molar-refractivity contribution is 0.0925. The maximum atomic E-state index is 13.3. The zero-order valence-corrected chi connectivity index (χ0v) is 25.2. The molecule has 0 spiro atoms. The van der Waals surface area contributed by atoms with Crippen molar-refractivity contribution in [2.75, 3.05) is 10.6 Å². The van der Waals surface area contributed by atoms with Crippen LogP contribution in [0.25, 0.3) is 0 Å². The van der Waals surface area contributed by atoms with Crippen LogP contribution in [0.3, 0.4) is 0 Å². The first kappa shape index (κ1) is 29.7. The predicted molar refractivity (Wildman–Crippen MR) is 173 cm³/mol.